The molecule has 1 unspecified atom stereocenters. The Kier molecular flexibility index (Phi) is 21.1. The highest BCUT2D eigenvalue weighted by molar-refractivity contribution is 8.14. The fraction of sp³-hybridized carbons (Fsp3) is 0.557. The van der Waals surface area contributed by atoms with Crippen molar-refractivity contribution in [1.82, 2.24) is 34.8 Å². The van der Waals surface area contributed by atoms with Crippen molar-refractivity contribution in [1.29, 1.82) is 0 Å². The normalized spacial score (nSPS) is 20.0. The first-order chi connectivity index (χ1) is 40.2. The number of nitrogen functional groups attached to an aromatic ring is 1. The molecule has 9 rings (SSSR count). The number of esters is 1. The van der Waals surface area contributed by atoms with Crippen LogP contribution in [0.15, 0.2) is 59.7 Å². The number of pyridine rings is 1. The number of carbonyl (C=O) groups is 5. The molecule has 3 saturated heterocycles. The largest absolute Gasteiger partial charge is 0.463 e. The zero-order valence-electron chi connectivity index (χ0n) is 48.2. The van der Waals surface area contributed by atoms with Crippen LogP contribution in [0.25, 0.3) is 16.0 Å². The van der Waals surface area contributed by atoms with Gasteiger partial charge in [-0.15, -0.1) is 16.9 Å². The summed E-state index contributed by atoms with van der Waals surface area (Å²) in [6.45, 7) is 18.2. The molecule has 5 aliphatic heterocycles. The number of thioether (sulfide) groups is 1. The van der Waals surface area contributed by atoms with Crippen LogP contribution in [0.2, 0.25) is 0 Å². The number of benzene rings is 2. The van der Waals surface area contributed by atoms with E-state index in [-0.39, 0.29) is 98.2 Å². The number of aryl methyl sites for hydroxylation is 2. The van der Waals surface area contributed by atoms with Crippen LogP contribution in [0.1, 0.15) is 108 Å². The van der Waals surface area contributed by atoms with E-state index in [9.17, 15) is 28.4 Å². The van der Waals surface area contributed by atoms with E-state index in [1.165, 1.54) is 23.1 Å². The van der Waals surface area contributed by atoms with E-state index in [0.29, 0.717) is 104 Å². The second kappa shape index (κ2) is 28.8. The number of hydrogen-bond acceptors (Lipinski definition) is 17. The van der Waals surface area contributed by atoms with Crippen LogP contribution < -0.4 is 16.0 Å². The molecule has 3 N–H and O–H groups in total. The summed E-state index contributed by atoms with van der Waals surface area (Å²) < 4.78 is 38.9. The summed E-state index contributed by atoms with van der Waals surface area (Å²) in [4.78, 5) is 89.2. The first-order valence-electron chi connectivity index (χ1n) is 29.2. The Bertz CT molecular complexity index is 3030. The molecule has 0 radical (unpaired) electrons. The molecule has 3 fully saturated rings. The molecule has 22 heteroatoms. The molecule has 5 aliphatic rings. The zero-order chi connectivity index (χ0) is 58.6. The number of nitrogens with one attached hydrogen (secondary N) is 1. The monoisotopic (exact) mass is 1160 g/mol. The van der Waals surface area contributed by atoms with Crippen molar-refractivity contribution in [2.24, 2.45) is 16.8 Å². The van der Waals surface area contributed by atoms with Gasteiger partial charge in [0.15, 0.2) is 5.78 Å². The topological polar surface area (TPSA) is 221 Å². The van der Waals surface area contributed by atoms with E-state index in [1.54, 1.807) is 36.7 Å². The molecule has 2 aromatic carbocycles. The van der Waals surface area contributed by atoms with E-state index in [1.807, 2.05) is 49.1 Å². The Morgan fingerprint density at radius 3 is 2.35 bits per heavy atom. The summed E-state index contributed by atoms with van der Waals surface area (Å²) >= 11 is 1.58. The number of ether oxygens (including phenoxy) is 4. The number of rotatable bonds is 25. The van der Waals surface area contributed by atoms with Gasteiger partial charge < -0.3 is 54.4 Å². The molecule has 444 valence electrons. The van der Waals surface area contributed by atoms with E-state index in [2.05, 4.69) is 24.9 Å². The number of likely N-dealkylation sites (tertiary alicyclic amines) is 2. The molecule has 83 heavy (non-hydrogen) atoms. The number of nitrogens with two attached hydrogens (primary N) is 1. The molecule has 7 heterocycles. The van der Waals surface area contributed by atoms with Crippen molar-refractivity contribution in [2.45, 2.75) is 109 Å². The Labute approximate surface area is 489 Å². The number of anilines is 2. The quantitative estimate of drug-likeness (QED) is 0.0292. The van der Waals surface area contributed by atoms with Gasteiger partial charge in [0.05, 0.1) is 81.6 Å². The fourth-order valence-corrected chi connectivity index (χ4v) is 13.2. The number of Topliss-reactive ketones (excluding diaryl/α,β-unsaturated/α-hetero) is 2. The second-order valence-corrected chi connectivity index (χ2v) is 23.2. The average Bonchev–Trinajstić information content (AvgIpc) is 4.48. The SMILES string of the molecule is [C-]#[N+]c1c2c(nn1CCCC(=O)OCCOCCOCCOCCN1CCC([C@@H](CC(=O)[C@@H](C)NC)C(=O)N3CCC[C@@H]3C3=NC(C(=O)c4ccc(C)cc4)CS3)CC1)CN(C)C(=O)c1ccc(F)cc1[C@H]1CCCN1c1cc-2cnc1N. The van der Waals surface area contributed by atoms with Gasteiger partial charge in [-0.1, -0.05) is 36.4 Å². The van der Waals surface area contributed by atoms with Crippen molar-refractivity contribution < 1.29 is 47.3 Å². The van der Waals surface area contributed by atoms with Crippen LogP contribution in [-0.4, -0.2) is 181 Å². The Balaban J connectivity index is 0.657. The van der Waals surface area contributed by atoms with Crippen LogP contribution in [-0.2, 0) is 46.4 Å². The number of aliphatic imine (C=N–C) groups is 1. The molecule has 0 aliphatic carbocycles. The third-order valence-corrected chi connectivity index (χ3v) is 17.9. The van der Waals surface area contributed by atoms with Gasteiger partial charge in [-0.3, -0.25) is 29.0 Å². The van der Waals surface area contributed by atoms with Gasteiger partial charge in [0.25, 0.3) is 11.7 Å². The number of ketones is 2. The van der Waals surface area contributed by atoms with Crippen molar-refractivity contribution in [3.63, 3.8) is 0 Å². The third-order valence-electron chi connectivity index (χ3n) is 16.7. The standard InChI is InChI=1S/C61H78FN11O9S/c1-39-12-14-42(15-13-39)56(76)49-38-83-59(67-49)51-10-7-21-72(51)61(78)46(35-53(74)40(2)64-3)41-18-23-70(24-19-41)25-26-79-27-28-80-29-30-81-31-32-82-54(75)11-8-22-73-58(65-4)55-43-33-52(57(63)66-36-43)71-20-6-9-50(71)47-34-44(62)16-17-45(47)60(77)69(5)37-48(55)68-73/h12-17,33-34,36,40-41,46,49-51,64H,6-11,18-32,35,37-38H2,1-3,5H3,(H2,63,66)/t40-,46-,49?,50-,51-/m1/s1. The third kappa shape index (κ3) is 14.8. The summed E-state index contributed by atoms with van der Waals surface area (Å²) in [7, 11) is 3.42. The average molecular weight is 1160 g/mol. The van der Waals surface area contributed by atoms with Gasteiger partial charge in [-0.2, -0.15) is 4.68 Å². The predicted octanol–water partition coefficient (Wildman–Crippen LogP) is 7.11. The maximum absolute atomic E-state index is 14.7. The highest BCUT2D eigenvalue weighted by atomic mass is 32.2. The lowest BCUT2D eigenvalue weighted by molar-refractivity contribution is -0.145. The number of fused-ring (bicyclic) bond motifs is 8. The molecule has 2 bridgehead atoms. The van der Waals surface area contributed by atoms with Gasteiger partial charge in [-0.25, -0.2) is 9.37 Å². The Morgan fingerprint density at radius 1 is 0.904 bits per heavy atom. The zero-order valence-corrected chi connectivity index (χ0v) is 49.0. The highest BCUT2D eigenvalue weighted by Gasteiger charge is 2.43. The number of aromatic nitrogens is 3. The summed E-state index contributed by atoms with van der Waals surface area (Å²) in [6, 6.07) is 12.4. The number of carbonyl (C=O) groups excluding carboxylic acids is 5. The van der Waals surface area contributed by atoms with Crippen molar-refractivity contribution >= 4 is 63.5 Å². The van der Waals surface area contributed by atoms with E-state index in [4.69, 9.17) is 41.3 Å². The van der Waals surface area contributed by atoms with Crippen LogP contribution in [0.3, 0.4) is 0 Å². The van der Waals surface area contributed by atoms with Crippen LogP contribution >= 0.6 is 11.8 Å². The van der Waals surface area contributed by atoms with E-state index >= 15 is 0 Å². The molecule has 20 nitrogen and oxygen atoms in total. The lowest BCUT2D eigenvalue weighted by Gasteiger charge is -2.38. The molecule has 0 spiro atoms. The molecular weight excluding hydrogens is 1080 g/mol. The van der Waals surface area contributed by atoms with E-state index in [0.717, 1.165) is 62.3 Å². The second-order valence-electron chi connectivity index (χ2n) is 22.2. The summed E-state index contributed by atoms with van der Waals surface area (Å²) in [6.07, 6.45) is 6.98. The number of amides is 2. The minimum Gasteiger partial charge on any atom is -0.463 e. The first-order valence-corrected chi connectivity index (χ1v) is 30.2. The van der Waals surface area contributed by atoms with Gasteiger partial charge in [0, 0.05) is 74.1 Å². The van der Waals surface area contributed by atoms with Gasteiger partial charge in [0.2, 0.25) is 5.91 Å². The molecule has 5 atom stereocenters. The maximum atomic E-state index is 14.7. The smallest absolute Gasteiger partial charge is 0.306 e. The summed E-state index contributed by atoms with van der Waals surface area (Å²) in [5.41, 5.74) is 11.4. The van der Waals surface area contributed by atoms with Gasteiger partial charge in [0.1, 0.15) is 35.8 Å². The molecule has 2 amide bonds. The number of likely N-dealkylation sites (N-methyl/N-ethyl adjacent to an activating group) is 1. The van der Waals surface area contributed by atoms with E-state index < -0.39 is 23.7 Å². The molecular formula is C61H78FN11O9S. The Hall–Kier alpha value is -6.61. The van der Waals surface area contributed by atoms with Crippen molar-refractivity contribution in [3.05, 3.63) is 99.9 Å². The highest BCUT2D eigenvalue weighted by Crippen LogP contribution is 2.44. The van der Waals surface area contributed by atoms with Gasteiger partial charge in [-0.05, 0) is 120 Å². The maximum Gasteiger partial charge on any atom is 0.306 e. The van der Waals surface area contributed by atoms with Gasteiger partial charge >= 0.3 is 5.97 Å². The summed E-state index contributed by atoms with van der Waals surface area (Å²) in [5, 5.41) is 8.72. The molecule has 0 saturated carbocycles. The number of hydrogen-bond donors (Lipinski definition) is 2. The first kappa shape index (κ1) is 61.0. The lowest BCUT2D eigenvalue weighted by atomic mass is 9.79. The predicted molar refractivity (Wildman–Crippen MR) is 315 cm³/mol. The minimum atomic E-state index is -0.465. The summed E-state index contributed by atoms with van der Waals surface area (Å²) in [5.74, 6) is -0.327. The molecule has 2 aromatic heterocycles. The van der Waals surface area contributed by atoms with Crippen molar-refractivity contribution in [2.75, 3.05) is 109 Å². The lowest BCUT2D eigenvalue weighted by Crippen LogP contribution is -2.48. The van der Waals surface area contributed by atoms with Crippen LogP contribution in [0.4, 0.5) is 21.7 Å². The molecule has 4 aromatic rings. The van der Waals surface area contributed by atoms with Crippen LogP contribution in [0.5, 0.6) is 0 Å². The fourth-order valence-electron chi connectivity index (χ4n) is 12.0. The number of piperidine rings is 1. The minimum absolute atomic E-state index is 0.00438. The van der Waals surface area contributed by atoms with Crippen LogP contribution in [0, 0.1) is 31.1 Å². The number of nitrogens with zero attached hydrogens (tertiary/aromatic N) is 9. The van der Waals surface area contributed by atoms with Crippen molar-refractivity contribution in [3.8, 4) is 11.1 Å². The number of halogens is 1. The Morgan fingerprint density at radius 2 is 1.61 bits per heavy atom.